The largest absolute Gasteiger partial charge is 0.369 e. The lowest BCUT2D eigenvalue weighted by atomic mass is 10.2. The minimum absolute atomic E-state index is 0.0958. The van der Waals surface area contributed by atoms with Crippen LogP contribution in [0.4, 0.5) is 11.6 Å². The van der Waals surface area contributed by atoms with Crippen LogP contribution in [0.5, 0.6) is 0 Å². The molecule has 7 heteroatoms. The summed E-state index contributed by atoms with van der Waals surface area (Å²) in [6.07, 6.45) is 0. The molecule has 1 rings (SSSR count). The molecule has 0 aliphatic carbocycles. The molecule has 21 heavy (non-hydrogen) atoms. The van der Waals surface area contributed by atoms with E-state index < -0.39 is 6.04 Å². The van der Waals surface area contributed by atoms with Gasteiger partial charge in [-0.15, -0.1) is 0 Å². The lowest BCUT2D eigenvalue weighted by Crippen LogP contribution is -2.39. The highest BCUT2D eigenvalue weighted by Gasteiger charge is 2.16. The van der Waals surface area contributed by atoms with Gasteiger partial charge in [0.05, 0.1) is 10.0 Å². The van der Waals surface area contributed by atoms with Crippen molar-refractivity contribution in [1.29, 1.82) is 0 Å². The predicted molar refractivity (Wildman–Crippen MR) is 89.4 cm³/mol. The maximum atomic E-state index is 12.0. The Morgan fingerprint density at radius 2 is 1.86 bits per heavy atom. The Bertz CT molecular complexity index is 494. The molecule has 3 N–H and O–H groups in total. The minimum atomic E-state index is -0.440. The second-order valence-corrected chi connectivity index (χ2v) is 6.00. The van der Waals surface area contributed by atoms with E-state index in [-0.39, 0.29) is 5.91 Å². The first-order chi connectivity index (χ1) is 9.85. The summed E-state index contributed by atoms with van der Waals surface area (Å²) in [6.45, 7) is 9.11. The van der Waals surface area contributed by atoms with Gasteiger partial charge in [0, 0.05) is 13.1 Å². The number of carbonyl (C=O) groups is 1. The molecule has 1 aromatic heterocycles. The molecule has 0 fully saturated rings. The zero-order chi connectivity index (χ0) is 16.0. The first-order valence-corrected chi connectivity index (χ1v) is 7.74. The summed E-state index contributed by atoms with van der Waals surface area (Å²) in [7, 11) is 0. The Morgan fingerprint density at radius 1 is 1.24 bits per heavy atom. The van der Waals surface area contributed by atoms with Gasteiger partial charge < -0.3 is 16.0 Å². The fourth-order valence-corrected chi connectivity index (χ4v) is 2.07. The molecule has 1 heterocycles. The molecule has 1 unspecified atom stereocenters. The van der Waals surface area contributed by atoms with Crippen LogP contribution in [0.25, 0.3) is 0 Å². The molecule has 0 saturated heterocycles. The summed E-state index contributed by atoms with van der Waals surface area (Å²) in [5.74, 6) is 1.28. The maximum Gasteiger partial charge on any atom is 0.242 e. The van der Waals surface area contributed by atoms with Crippen molar-refractivity contribution in [1.82, 2.24) is 10.3 Å². The van der Waals surface area contributed by atoms with Crippen LogP contribution in [0.3, 0.4) is 0 Å². The van der Waals surface area contributed by atoms with Crippen molar-refractivity contribution in [3.05, 3.63) is 16.1 Å². The summed E-state index contributed by atoms with van der Waals surface area (Å²) >= 11 is 12.2. The number of amides is 1. The second-order valence-electron chi connectivity index (χ2n) is 5.18. The van der Waals surface area contributed by atoms with Gasteiger partial charge in [0.2, 0.25) is 5.91 Å². The van der Waals surface area contributed by atoms with Crippen molar-refractivity contribution in [2.75, 3.05) is 23.7 Å². The molecule has 0 aliphatic rings. The van der Waals surface area contributed by atoms with Crippen molar-refractivity contribution < 1.29 is 4.79 Å². The lowest BCUT2D eigenvalue weighted by molar-refractivity contribution is -0.121. The number of hydrogen-bond donors (Lipinski definition) is 3. The number of nitrogens with zero attached hydrogens (tertiary/aromatic N) is 1. The average molecular weight is 333 g/mol. The summed E-state index contributed by atoms with van der Waals surface area (Å²) in [4.78, 5) is 16.3. The Labute approximate surface area is 135 Å². The van der Waals surface area contributed by atoms with Crippen molar-refractivity contribution in [2.45, 2.75) is 33.7 Å². The Balaban J connectivity index is 2.77. The van der Waals surface area contributed by atoms with Crippen LogP contribution in [0, 0.1) is 5.92 Å². The average Bonchev–Trinajstić information content (AvgIpc) is 2.41. The molecule has 118 valence electrons. The molecule has 1 aromatic rings. The molecule has 0 bridgehead atoms. The smallest absolute Gasteiger partial charge is 0.242 e. The van der Waals surface area contributed by atoms with Gasteiger partial charge in [-0.3, -0.25) is 4.79 Å². The van der Waals surface area contributed by atoms with Crippen LogP contribution >= 0.6 is 23.2 Å². The van der Waals surface area contributed by atoms with Gasteiger partial charge in [-0.1, -0.05) is 37.0 Å². The van der Waals surface area contributed by atoms with Gasteiger partial charge >= 0.3 is 0 Å². The molecule has 0 aliphatic heterocycles. The van der Waals surface area contributed by atoms with Crippen LogP contribution in [0.1, 0.15) is 27.7 Å². The minimum Gasteiger partial charge on any atom is -0.369 e. The van der Waals surface area contributed by atoms with Crippen LogP contribution in [-0.2, 0) is 4.79 Å². The normalized spacial score (nSPS) is 12.1. The summed E-state index contributed by atoms with van der Waals surface area (Å²) in [5.41, 5.74) is 0. The first kappa shape index (κ1) is 17.9. The quantitative estimate of drug-likeness (QED) is 0.716. The molecule has 1 atom stereocenters. The summed E-state index contributed by atoms with van der Waals surface area (Å²) in [6, 6.07) is 1.17. The van der Waals surface area contributed by atoms with Gasteiger partial charge in [-0.25, -0.2) is 4.98 Å². The van der Waals surface area contributed by atoms with Gasteiger partial charge in [0.1, 0.15) is 17.7 Å². The Morgan fingerprint density at radius 3 is 2.43 bits per heavy atom. The van der Waals surface area contributed by atoms with Crippen LogP contribution in [-0.4, -0.2) is 30.0 Å². The number of aromatic nitrogens is 1. The number of hydrogen-bond acceptors (Lipinski definition) is 4. The van der Waals surface area contributed by atoms with E-state index in [1.165, 1.54) is 0 Å². The van der Waals surface area contributed by atoms with Crippen molar-refractivity contribution in [3.8, 4) is 0 Å². The fraction of sp³-hybridized carbons (Fsp3) is 0.571. The Hall–Kier alpha value is -1.20. The number of nitrogens with one attached hydrogen (secondary N) is 3. The van der Waals surface area contributed by atoms with E-state index in [1.54, 1.807) is 13.0 Å². The van der Waals surface area contributed by atoms with Crippen LogP contribution < -0.4 is 16.0 Å². The van der Waals surface area contributed by atoms with Crippen LogP contribution in [0.2, 0.25) is 10.0 Å². The zero-order valence-corrected chi connectivity index (χ0v) is 14.3. The van der Waals surface area contributed by atoms with E-state index in [2.05, 4.69) is 20.9 Å². The number of anilines is 2. The fourth-order valence-electron chi connectivity index (χ4n) is 1.59. The maximum absolute atomic E-state index is 12.0. The molecule has 0 radical (unpaired) electrons. The second kappa shape index (κ2) is 8.29. The SMILES string of the molecule is CCNc1nc(NC(C)C(=O)NCC(C)C)c(Cl)cc1Cl. The van der Waals surface area contributed by atoms with Crippen molar-refractivity contribution in [3.63, 3.8) is 0 Å². The predicted octanol–water partition coefficient (Wildman–Crippen LogP) is 3.39. The third-order valence-electron chi connectivity index (χ3n) is 2.70. The third-order valence-corrected chi connectivity index (χ3v) is 3.28. The van der Waals surface area contributed by atoms with Gasteiger partial charge in [0.25, 0.3) is 0 Å². The van der Waals surface area contributed by atoms with E-state index >= 15 is 0 Å². The lowest BCUT2D eigenvalue weighted by Gasteiger charge is -2.17. The molecular weight excluding hydrogens is 311 g/mol. The van der Waals surface area contributed by atoms with Gasteiger partial charge in [-0.2, -0.15) is 0 Å². The van der Waals surface area contributed by atoms with Gasteiger partial charge in [-0.05, 0) is 25.8 Å². The number of rotatable bonds is 7. The van der Waals surface area contributed by atoms with E-state index in [0.717, 1.165) is 0 Å². The number of halogens is 2. The molecule has 0 aromatic carbocycles. The molecule has 5 nitrogen and oxygen atoms in total. The molecule has 0 spiro atoms. The summed E-state index contributed by atoms with van der Waals surface area (Å²) < 4.78 is 0. The molecule has 1 amide bonds. The van der Waals surface area contributed by atoms with E-state index in [1.807, 2.05) is 20.8 Å². The third kappa shape index (κ3) is 5.59. The summed E-state index contributed by atoms with van der Waals surface area (Å²) in [5, 5.41) is 9.74. The molecular formula is C14H22Cl2N4O. The van der Waals surface area contributed by atoms with Gasteiger partial charge in [0.15, 0.2) is 0 Å². The van der Waals surface area contributed by atoms with E-state index in [9.17, 15) is 4.79 Å². The number of carbonyl (C=O) groups excluding carboxylic acids is 1. The topological polar surface area (TPSA) is 66.0 Å². The van der Waals surface area contributed by atoms with E-state index in [4.69, 9.17) is 23.2 Å². The highest BCUT2D eigenvalue weighted by molar-refractivity contribution is 6.37. The number of pyridine rings is 1. The molecule has 0 saturated carbocycles. The monoisotopic (exact) mass is 332 g/mol. The van der Waals surface area contributed by atoms with Crippen molar-refractivity contribution >= 4 is 40.7 Å². The van der Waals surface area contributed by atoms with Crippen LogP contribution in [0.15, 0.2) is 6.07 Å². The first-order valence-electron chi connectivity index (χ1n) is 6.99. The highest BCUT2D eigenvalue weighted by Crippen LogP contribution is 2.29. The zero-order valence-electron chi connectivity index (χ0n) is 12.8. The van der Waals surface area contributed by atoms with Crippen molar-refractivity contribution in [2.24, 2.45) is 5.92 Å². The Kier molecular flexibility index (Phi) is 7.05. The highest BCUT2D eigenvalue weighted by atomic mass is 35.5. The van der Waals surface area contributed by atoms with E-state index in [0.29, 0.717) is 40.7 Å². The standard InChI is InChI=1S/C14H22Cl2N4O/c1-5-17-12-10(15)6-11(16)13(20-12)19-9(4)14(21)18-7-8(2)3/h6,8-9H,5,7H2,1-4H3,(H,18,21)(H2,17,19,20).